The lowest BCUT2D eigenvalue weighted by atomic mass is 10.1. The van der Waals surface area contributed by atoms with Crippen LogP contribution in [-0.2, 0) is 6.54 Å². The van der Waals surface area contributed by atoms with E-state index in [1.807, 2.05) is 26.8 Å². The van der Waals surface area contributed by atoms with E-state index in [1.54, 1.807) is 6.20 Å². The smallest absolute Gasteiger partial charge is 0.178 e. The summed E-state index contributed by atoms with van der Waals surface area (Å²) in [5.41, 5.74) is 4.03. The van der Waals surface area contributed by atoms with Gasteiger partial charge >= 0.3 is 0 Å². The van der Waals surface area contributed by atoms with Gasteiger partial charge in [-0.2, -0.15) is 0 Å². The van der Waals surface area contributed by atoms with Gasteiger partial charge < -0.3 is 5.32 Å². The first-order valence-corrected chi connectivity index (χ1v) is 7.01. The highest BCUT2D eigenvalue weighted by Crippen LogP contribution is 2.21. The van der Waals surface area contributed by atoms with Crippen molar-refractivity contribution in [1.29, 1.82) is 0 Å². The highest BCUT2D eigenvalue weighted by Gasteiger charge is 2.21. The molecule has 5 nitrogen and oxygen atoms in total. The zero-order chi connectivity index (χ0) is 14.1. The number of rotatable bonds is 4. The maximum Gasteiger partial charge on any atom is 0.178 e. The molecule has 0 spiro atoms. The van der Waals surface area contributed by atoms with Crippen molar-refractivity contribution >= 4 is 0 Å². The van der Waals surface area contributed by atoms with Gasteiger partial charge in [0.05, 0.1) is 0 Å². The fraction of sp³-hybridized carbons (Fsp3) is 0.467. The molecule has 0 atom stereocenters. The molecule has 0 radical (unpaired) electrons. The van der Waals surface area contributed by atoms with E-state index >= 15 is 0 Å². The Balaban J connectivity index is 1.90. The quantitative estimate of drug-likeness (QED) is 0.921. The summed E-state index contributed by atoms with van der Waals surface area (Å²) < 4.78 is 0. The van der Waals surface area contributed by atoms with Gasteiger partial charge in [-0.25, -0.2) is 19.9 Å². The number of aryl methyl sites for hydroxylation is 3. The minimum Gasteiger partial charge on any atom is -0.310 e. The average Bonchev–Trinajstić information content (AvgIpc) is 3.21. The zero-order valence-electron chi connectivity index (χ0n) is 12.1. The number of nitrogens with one attached hydrogen (secondary N) is 1. The molecular weight excluding hydrogens is 250 g/mol. The molecule has 0 bridgehead atoms. The molecule has 0 amide bonds. The Kier molecular flexibility index (Phi) is 3.44. The van der Waals surface area contributed by atoms with Gasteiger partial charge in [0.1, 0.15) is 11.5 Å². The van der Waals surface area contributed by atoms with E-state index in [2.05, 4.69) is 25.3 Å². The second-order valence-corrected chi connectivity index (χ2v) is 5.34. The average molecular weight is 269 g/mol. The van der Waals surface area contributed by atoms with Gasteiger partial charge in [-0.1, -0.05) is 0 Å². The van der Waals surface area contributed by atoms with Crippen molar-refractivity contribution in [2.45, 2.75) is 46.2 Å². The monoisotopic (exact) mass is 269 g/mol. The minimum absolute atomic E-state index is 0.681. The van der Waals surface area contributed by atoms with Gasteiger partial charge in [0.15, 0.2) is 5.82 Å². The van der Waals surface area contributed by atoms with Crippen LogP contribution in [0.4, 0.5) is 0 Å². The summed E-state index contributed by atoms with van der Waals surface area (Å²) in [4.78, 5) is 17.7. The second-order valence-electron chi connectivity index (χ2n) is 5.34. The standard InChI is InChI=1S/C15H19N5/c1-9-13(8-17-12-4-5-12)10(2)19-15(18-9)14-6-7-16-11(3)20-14/h6-7,12,17H,4-5,8H2,1-3H3. The van der Waals surface area contributed by atoms with Gasteiger partial charge in [-0.05, 0) is 39.7 Å². The molecule has 5 heteroatoms. The van der Waals surface area contributed by atoms with Crippen LogP contribution in [0.2, 0.25) is 0 Å². The molecule has 1 fully saturated rings. The summed E-state index contributed by atoms with van der Waals surface area (Å²) in [7, 11) is 0. The Hall–Kier alpha value is -1.88. The third-order valence-corrected chi connectivity index (χ3v) is 3.57. The molecule has 2 aromatic rings. The fourth-order valence-electron chi connectivity index (χ4n) is 2.22. The zero-order valence-corrected chi connectivity index (χ0v) is 12.1. The van der Waals surface area contributed by atoms with Crippen molar-refractivity contribution in [3.63, 3.8) is 0 Å². The van der Waals surface area contributed by atoms with E-state index in [0.717, 1.165) is 29.5 Å². The lowest BCUT2D eigenvalue weighted by Gasteiger charge is -2.11. The van der Waals surface area contributed by atoms with Crippen molar-refractivity contribution in [3.05, 3.63) is 35.0 Å². The summed E-state index contributed by atoms with van der Waals surface area (Å²) in [5.74, 6) is 1.42. The van der Waals surface area contributed by atoms with E-state index in [4.69, 9.17) is 0 Å². The van der Waals surface area contributed by atoms with E-state index in [1.165, 1.54) is 18.4 Å². The maximum atomic E-state index is 4.60. The molecule has 0 aliphatic heterocycles. The molecule has 0 aromatic carbocycles. The van der Waals surface area contributed by atoms with Crippen LogP contribution in [0.3, 0.4) is 0 Å². The van der Waals surface area contributed by atoms with Crippen LogP contribution in [0.15, 0.2) is 12.3 Å². The lowest BCUT2D eigenvalue weighted by Crippen LogP contribution is -2.18. The Labute approximate surface area is 118 Å². The molecule has 2 aromatic heterocycles. The maximum absolute atomic E-state index is 4.60. The molecule has 3 rings (SSSR count). The van der Waals surface area contributed by atoms with Crippen LogP contribution in [0.5, 0.6) is 0 Å². The molecule has 1 N–H and O–H groups in total. The van der Waals surface area contributed by atoms with Crippen molar-refractivity contribution in [2.75, 3.05) is 0 Å². The van der Waals surface area contributed by atoms with Gasteiger partial charge in [0, 0.05) is 35.7 Å². The van der Waals surface area contributed by atoms with Crippen LogP contribution in [0, 0.1) is 20.8 Å². The fourth-order valence-corrected chi connectivity index (χ4v) is 2.22. The first-order valence-electron chi connectivity index (χ1n) is 7.01. The van der Waals surface area contributed by atoms with Crippen LogP contribution in [0.25, 0.3) is 11.5 Å². The van der Waals surface area contributed by atoms with Crippen molar-refractivity contribution in [1.82, 2.24) is 25.3 Å². The summed E-state index contributed by atoms with van der Waals surface area (Å²) in [6, 6.07) is 2.54. The van der Waals surface area contributed by atoms with Gasteiger partial charge in [0.25, 0.3) is 0 Å². The molecule has 1 aliphatic carbocycles. The predicted octanol–water partition coefficient (Wildman–Crippen LogP) is 2.11. The van der Waals surface area contributed by atoms with Crippen molar-refractivity contribution in [2.24, 2.45) is 0 Å². The van der Waals surface area contributed by atoms with E-state index in [0.29, 0.717) is 11.9 Å². The first kappa shape index (κ1) is 13.1. The van der Waals surface area contributed by atoms with Crippen LogP contribution in [0.1, 0.15) is 35.6 Å². The third kappa shape index (κ3) is 2.82. The van der Waals surface area contributed by atoms with Crippen LogP contribution in [-0.4, -0.2) is 26.0 Å². The minimum atomic E-state index is 0.681. The first-order chi connectivity index (χ1) is 9.63. The normalized spacial score (nSPS) is 14.6. The van der Waals surface area contributed by atoms with Crippen LogP contribution >= 0.6 is 0 Å². The summed E-state index contributed by atoms with van der Waals surface area (Å²) in [6.45, 7) is 6.80. The lowest BCUT2D eigenvalue weighted by molar-refractivity contribution is 0.675. The Morgan fingerprint density at radius 2 is 1.80 bits per heavy atom. The molecule has 0 unspecified atom stereocenters. The van der Waals surface area contributed by atoms with Crippen LogP contribution < -0.4 is 5.32 Å². The summed E-state index contributed by atoms with van der Waals surface area (Å²) in [5, 5.41) is 3.52. The van der Waals surface area contributed by atoms with E-state index < -0.39 is 0 Å². The highest BCUT2D eigenvalue weighted by atomic mass is 15.0. The SMILES string of the molecule is Cc1nccc(-c2nc(C)c(CNC3CC3)c(C)n2)n1. The molecule has 104 valence electrons. The van der Waals surface area contributed by atoms with Gasteiger partial charge in [-0.15, -0.1) is 0 Å². The Morgan fingerprint density at radius 1 is 1.10 bits per heavy atom. The Bertz CT molecular complexity index is 611. The number of nitrogens with zero attached hydrogens (tertiary/aromatic N) is 4. The number of hydrogen-bond acceptors (Lipinski definition) is 5. The van der Waals surface area contributed by atoms with Crippen molar-refractivity contribution < 1.29 is 0 Å². The molecule has 2 heterocycles. The number of aromatic nitrogens is 4. The summed E-state index contributed by atoms with van der Waals surface area (Å²) in [6.07, 6.45) is 4.32. The van der Waals surface area contributed by atoms with E-state index in [-0.39, 0.29) is 0 Å². The summed E-state index contributed by atoms with van der Waals surface area (Å²) >= 11 is 0. The highest BCUT2D eigenvalue weighted by molar-refractivity contribution is 5.49. The van der Waals surface area contributed by atoms with Crippen molar-refractivity contribution in [3.8, 4) is 11.5 Å². The molecule has 1 aliphatic rings. The molecule has 0 saturated heterocycles. The predicted molar refractivity (Wildman–Crippen MR) is 77.1 cm³/mol. The number of hydrogen-bond donors (Lipinski definition) is 1. The Morgan fingerprint density at radius 3 is 2.40 bits per heavy atom. The molecular formula is C15H19N5. The van der Waals surface area contributed by atoms with Gasteiger partial charge in [0.2, 0.25) is 0 Å². The van der Waals surface area contributed by atoms with Gasteiger partial charge in [-0.3, -0.25) is 0 Å². The topological polar surface area (TPSA) is 63.6 Å². The van der Waals surface area contributed by atoms with E-state index in [9.17, 15) is 0 Å². The molecule has 20 heavy (non-hydrogen) atoms. The molecule has 1 saturated carbocycles. The second kappa shape index (κ2) is 5.25. The third-order valence-electron chi connectivity index (χ3n) is 3.57. The largest absolute Gasteiger partial charge is 0.310 e.